The summed E-state index contributed by atoms with van der Waals surface area (Å²) in [5, 5.41) is 8.66. The molecule has 0 saturated heterocycles. The number of nitriles is 1. The molecule has 2 rings (SSSR count). The Morgan fingerprint density at radius 3 is 2.54 bits per heavy atom. The number of rotatable bonds is 2. The van der Waals surface area contributed by atoms with Gasteiger partial charge in [-0.15, -0.1) is 0 Å². The summed E-state index contributed by atoms with van der Waals surface area (Å²) < 4.78 is 5.06. The van der Waals surface area contributed by atoms with Crippen LogP contribution in [0, 0.1) is 17.2 Å². The number of ether oxygens (including phenoxy) is 1. The molecule has 66 valence electrons. The largest absolute Gasteiger partial charge is 0.497 e. The molecule has 1 aliphatic carbocycles. The van der Waals surface area contributed by atoms with Crippen LogP contribution in [0.25, 0.3) is 0 Å². The molecular weight excluding hydrogens is 162 g/mol. The van der Waals surface area contributed by atoms with Crippen LogP contribution in [0.1, 0.15) is 17.9 Å². The number of methoxy groups -OCH3 is 1. The molecule has 1 aromatic rings. The first-order valence-corrected chi connectivity index (χ1v) is 4.38. The summed E-state index contributed by atoms with van der Waals surface area (Å²) in [5.41, 5.74) is 1.26. The highest BCUT2D eigenvalue weighted by Crippen LogP contribution is 2.46. The zero-order valence-electron chi connectivity index (χ0n) is 7.53. The molecule has 0 unspecified atom stereocenters. The van der Waals surface area contributed by atoms with Crippen molar-refractivity contribution in [1.82, 2.24) is 0 Å². The van der Waals surface area contributed by atoms with E-state index in [-0.39, 0.29) is 5.92 Å². The number of hydrogen-bond donors (Lipinski definition) is 0. The van der Waals surface area contributed by atoms with Crippen molar-refractivity contribution in [3.8, 4) is 11.8 Å². The van der Waals surface area contributed by atoms with Crippen molar-refractivity contribution in [3.63, 3.8) is 0 Å². The lowest BCUT2D eigenvalue weighted by Crippen LogP contribution is -1.84. The maximum atomic E-state index is 8.66. The second kappa shape index (κ2) is 3.10. The number of benzene rings is 1. The van der Waals surface area contributed by atoms with Gasteiger partial charge in [0.15, 0.2) is 0 Å². The van der Waals surface area contributed by atoms with Crippen LogP contribution in [-0.2, 0) is 0 Å². The van der Waals surface area contributed by atoms with Crippen molar-refractivity contribution in [1.29, 1.82) is 5.26 Å². The van der Waals surface area contributed by atoms with Crippen LogP contribution in [0.4, 0.5) is 0 Å². The minimum Gasteiger partial charge on any atom is -0.497 e. The third-order valence-corrected chi connectivity index (χ3v) is 2.50. The monoisotopic (exact) mass is 173 g/mol. The van der Waals surface area contributed by atoms with Crippen LogP contribution in [-0.4, -0.2) is 7.11 Å². The standard InChI is InChI=1S/C11H11NO/c1-13-10-4-2-8(3-5-10)11-6-9(11)7-12/h2-5,9,11H,6H2,1H3/t9-,11+/m0/s1. The van der Waals surface area contributed by atoms with Crippen molar-refractivity contribution in [2.24, 2.45) is 5.92 Å². The molecule has 0 heterocycles. The molecular formula is C11H11NO. The lowest BCUT2D eigenvalue weighted by atomic mass is 10.1. The van der Waals surface area contributed by atoms with Crippen LogP contribution in [0.3, 0.4) is 0 Å². The quantitative estimate of drug-likeness (QED) is 0.687. The van der Waals surface area contributed by atoms with Gasteiger partial charge in [-0.2, -0.15) is 5.26 Å². The van der Waals surface area contributed by atoms with E-state index in [1.165, 1.54) is 5.56 Å². The van der Waals surface area contributed by atoms with Crippen molar-refractivity contribution < 1.29 is 4.74 Å². The van der Waals surface area contributed by atoms with Gasteiger partial charge in [-0.25, -0.2) is 0 Å². The minimum atomic E-state index is 0.244. The fraction of sp³-hybridized carbons (Fsp3) is 0.364. The fourth-order valence-corrected chi connectivity index (χ4v) is 1.56. The average molecular weight is 173 g/mol. The normalized spacial score (nSPS) is 24.9. The van der Waals surface area contributed by atoms with E-state index in [1.54, 1.807) is 7.11 Å². The summed E-state index contributed by atoms with van der Waals surface area (Å²) in [7, 11) is 1.66. The molecule has 0 bridgehead atoms. The Morgan fingerprint density at radius 1 is 1.38 bits per heavy atom. The van der Waals surface area contributed by atoms with Gasteiger partial charge in [0.25, 0.3) is 0 Å². The molecule has 0 radical (unpaired) electrons. The summed E-state index contributed by atoms with van der Waals surface area (Å²) in [5.74, 6) is 1.59. The SMILES string of the molecule is COc1ccc([C@H]2C[C@H]2C#N)cc1. The van der Waals surface area contributed by atoms with E-state index in [1.807, 2.05) is 24.3 Å². The Balaban J connectivity index is 2.12. The van der Waals surface area contributed by atoms with Crippen molar-refractivity contribution in [3.05, 3.63) is 29.8 Å². The second-order valence-corrected chi connectivity index (χ2v) is 3.35. The molecule has 0 aliphatic heterocycles. The van der Waals surface area contributed by atoms with E-state index in [9.17, 15) is 0 Å². The Kier molecular flexibility index (Phi) is 1.94. The van der Waals surface area contributed by atoms with E-state index in [0.29, 0.717) is 5.92 Å². The van der Waals surface area contributed by atoms with E-state index < -0.39 is 0 Å². The molecule has 0 N–H and O–H groups in total. The second-order valence-electron chi connectivity index (χ2n) is 3.35. The third-order valence-electron chi connectivity index (χ3n) is 2.50. The summed E-state index contributed by atoms with van der Waals surface area (Å²) in [4.78, 5) is 0. The topological polar surface area (TPSA) is 33.0 Å². The van der Waals surface area contributed by atoms with E-state index >= 15 is 0 Å². The Bertz CT molecular complexity index is 336. The lowest BCUT2D eigenvalue weighted by Gasteiger charge is -2.00. The van der Waals surface area contributed by atoms with E-state index in [0.717, 1.165) is 12.2 Å². The van der Waals surface area contributed by atoms with Gasteiger partial charge in [0, 0.05) is 5.92 Å². The molecule has 0 spiro atoms. The van der Waals surface area contributed by atoms with Crippen LogP contribution >= 0.6 is 0 Å². The van der Waals surface area contributed by atoms with Crippen LogP contribution in [0.15, 0.2) is 24.3 Å². The molecule has 0 aromatic heterocycles. The Morgan fingerprint density at radius 2 is 2.08 bits per heavy atom. The molecule has 1 aromatic carbocycles. The van der Waals surface area contributed by atoms with Crippen LogP contribution in [0.5, 0.6) is 5.75 Å². The minimum absolute atomic E-state index is 0.244. The summed E-state index contributed by atoms with van der Waals surface area (Å²) in [6, 6.07) is 10.3. The smallest absolute Gasteiger partial charge is 0.118 e. The predicted molar refractivity (Wildman–Crippen MR) is 49.5 cm³/mol. The average Bonchev–Trinajstić information content (AvgIpc) is 2.97. The molecule has 1 fully saturated rings. The molecule has 1 aliphatic rings. The van der Waals surface area contributed by atoms with Gasteiger partial charge in [0.2, 0.25) is 0 Å². The van der Waals surface area contributed by atoms with E-state index in [4.69, 9.17) is 10.00 Å². The fourth-order valence-electron chi connectivity index (χ4n) is 1.56. The van der Waals surface area contributed by atoms with Gasteiger partial charge >= 0.3 is 0 Å². The van der Waals surface area contributed by atoms with Crippen molar-refractivity contribution >= 4 is 0 Å². The van der Waals surface area contributed by atoms with Gasteiger partial charge in [0.05, 0.1) is 19.1 Å². The maximum absolute atomic E-state index is 8.66. The lowest BCUT2D eigenvalue weighted by molar-refractivity contribution is 0.414. The summed E-state index contributed by atoms with van der Waals surface area (Å²) in [6.07, 6.45) is 1.02. The highest BCUT2D eigenvalue weighted by molar-refractivity contribution is 5.34. The molecule has 2 heteroatoms. The van der Waals surface area contributed by atoms with Gasteiger partial charge in [0.1, 0.15) is 5.75 Å². The van der Waals surface area contributed by atoms with Crippen LogP contribution < -0.4 is 4.74 Å². The third kappa shape index (κ3) is 1.50. The summed E-state index contributed by atoms with van der Waals surface area (Å²) in [6.45, 7) is 0. The Labute approximate surface area is 77.8 Å². The molecule has 2 nitrogen and oxygen atoms in total. The number of hydrogen-bond acceptors (Lipinski definition) is 2. The molecule has 1 saturated carbocycles. The van der Waals surface area contributed by atoms with Gasteiger partial charge in [-0.05, 0) is 24.1 Å². The first kappa shape index (κ1) is 8.12. The van der Waals surface area contributed by atoms with Gasteiger partial charge in [-0.1, -0.05) is 12.1 Å². The highest BCUT2D eigenvalue weighted by atomic mass is 16.5. The van der Waals surface area contributed by atoms with Crippen molar-refractivity contribution in [2.45, 2.75) is 12.3 Å². The van der Waals surface area contributed by atoms with Gasteiger partial charge < -0.3 is 4.74 Å². The summed E-state index contributed by atoms with van der Waals surface area (Å²) >= 11 is 0. The molecule has 0 amide bonds. The molecule has 13 heavy (non-hydrogen) atoms. The van der Waals surface area contributed by atoms with E-state index in [2.05, 4.69) is 6.07 Å². The first-order valence-electron chi connectivity index (χ1n) is 4.38. The van der Waals surface area contributed by atoms with Gasteiger partial charge in [-0.3, -0.25) is 0 Å². The number of nitrogens with zero attached hydrogens (tertiary/aromatic N) is 1. The highest BCUT2D eigenvalue weighted by Gasteiger charge is 2.38. The Hall–Kier alpha value is -1.49. The predicted octanol–water partition coefficient (Wildman–Crippen LogP) is 2.32. The van der Waals surface area contributed by atoms with Crippen LogP contribution in [0.2, 0.25) is 0 Å². The zero-order valence-corrected chi connectivity index (χ0v) is 7.53. The maximum Gasteiger partial charge on any atom is 0.118 e. The first-order chi connectivity index (χ1) is 6.35. The van der Waals surface area contributed by atoms with Crippen molar-refractivity contribution in [2.75, 3.05) is 7.11 Å². The molecule has 2 atom stereocenters. The zero-order chi connectivity index (χ0) is 9.26.